The zero-order valence-corrected chi connectivity index (χ0v) is 10.8. The number of piperazine rings is 1. The van der Waals surface area contributed by atoms with Gasteiger partial charge in [-0.15, -0.1) is 0 Å². The van der Waals surface area contributed by atoms with Crippen molar-refractivity contribution in [2.45, 2.75) is 18.9 Å². The number of rotatable bonds is 2. The van der Waals surface area contributed by atoms with Crippen molar-refractivity contribution in [3.8, 4) is 0 Å². The molecule has 0 aliphatic carbocycles. The summed E-state index contributed by atoms with van der Waals surface area (Å²) in [5, 5.41) is 0. The van der Waals surface area contributed by atoms with Gasteiger partial charge < -0.3 is 9.80 Å². The van der Waals surface area contributed by atoms with Gasteiger partial charge >= 0.3 is 0 Å². The van der Waals surface area contributed by atoms with E-state index in [1.54, 1.807) is 0 Å². The number of likely N-dealkylation sites (N-methyl/N-ethyl adjacent to an activating group) is 1. The van der Waals surface area contributed by atoms with Gasteiger partial charge in [0.25, 0.3) is 0 Å². The Hall–Kier alpha value is -0.870. The molecule has 2 aliphatic rings. The van der Waals surface area contributed by atoms with Crippen LogP contribution in [0.15, 0.2) is 12.7 Å². The van der Waals surface area contributed by atoms with Gasteiger partial charge in [0, 0.05) is 45.3 Å². The standard InChI is InChI=1S/C13H23N3O/c1-3-13(17)16-6-4-12(5-7-16)15-10-8-14(2)9-11-15/h3,12H,1,4-11H2,2H3. The van der Waals surface area contributed by atoms with Crippen LogP contribution in [0.25, 0.3) is 0 Å². The molecule has 0 saturated carbocycles. The third-order valence-electron chi connectivity index (χ3n) is 4.01. The van der Waals surface area contributed by atoms with Crippen molar-refractivity contribution in [3.63, 3.8) is 0 Å². The van der Waals surface area contributed by atoms with Crippen molar-refractivity contribution in [2.24, 2.45) is 0 Å². The predicted molar refractivity (Wildman–Crippen MR) is 68.9 cm³/mol. The first-order valence-corrected chi connectivity index (χ1v) is 6.54. The highest BCUT2D eigenvalue weighted by Gasteiger charge is 2.27. The number of hydrogen-bond donors (Lipinski definition) is 0. The molecule has 2 fully saturated rings. The Morgan fingerprint density at radius 3 is 2.24 bits per heavy atom. The number of hydrogen-bond acceptors (Lipinski definition) is 3. The normalized spacial score (nSPS) is 24.9. The molecule has 2 heterocycles. The minimum absolute atomic E-state index is 0.0850. The molecular weight excluding hydrogens is 214 g/mol. The summed E-state index contributed by atoms with van der Waals surface area (Å²) < 4.78 is 0. The topological polar surface area (TPSA) is 26.8 Å². The van der Waals surface area contributed by atoms with Crippen molar-refractivity contribution in [3.05, 3.63) is 12.7 Å². The van der Waals surface area contributed by atoms with Crippen LogP contribution in [0.5, 0.6) is 0 Å². The van der Waals surface area contributed by atoms with E-state index >= 15 is 0 Å². The zero-order chi connectivity index (χ0) is 12.3. The monoisotopic (exact) mass is 237 g/mol. The van der Waals surface area contributed by atoms with Crippen molar-refractivity contribution < 1.29 is 4.79 Å². The minimum atomic E-state index is 0.0850. The maximum Gasteiger partial charge on any atom is 0.245 e. The van der Waals surface area contributed by atoms with Crippen LogP contribution in [0.1, 0.15) is 12.8 Å². The Balaban J connectivity index is 1.79. The molecule has 4 heteroatoms. The summed E-state index contributed by atoms with van der Waals surface area (Å²) in [6, 6.07) is 0.678. The van der Waals surface area contributed by atoms with Crippen LogP contribution in [0, 0.1) is 0 Å². The van der Waals surface area contributed by atoms with E-state index < -0.39 is 0 Å². The summed E-state index contributed by atoms with van der Waals surface area (Å²) in [6.07, 6.45) is 3.66. The van der Waals surface area contributed by atoms with Gasteiger partial charge in [-0.1, -0.05) is 6.58 Å². The summed E-state index contributed by atoms with van der Waals surface area (Å²) in [7, 11) is 2.18. The summed E-state index contributed by atoms with van der Waals surface area (Å²) in [5.74, 6) is 0.0850. The fraction of sp³-hybridized carbons (Fsp3) is 0.769. The Bertz CT molecular complexity index is 276. The van der Waals surface area contributed by atoms with Crippen molar-refractivity contribution in [2.75, 3.05) is 46.3 Å². The molecule has 0 aromatic heterocycles. The molecule has 0 bridgehead atoms. The van der Waals surface area contributed by atoms with Crippen molar-refractivity contribution in [1.29, 1.82) is 0 Å². The van der Waals surface area contributed by atoms with E-state index in [0.29, 0.717) is 6.04 Å². The molecule has 0 N–H and O–H groups in total. The fourth-order valence-electron chi connectivity index (χ4n) is 2.77. The van der Waals surface area contributed by atoms with E-state index in [2.05, 4.69) is 23.4 Å². The van der Waals surface area contributed by atoms with E-state index in [9.17, 15) is 4.79 Å². The lowest BCUT2D eigenvalue weighted by Gasteiger charge is -2.41. The number of nitrogens with zero attached hydrogens (tertiary/aromatic N) is 3. The molecule has 0 spiro atoms. The van der Waals surface area contributed by atoms with E-state index in [-0.39, 0.29) is 5.91 Å². The predicted octanol–water partition coefficient (Wildman–Crippen LogP) is 0.411. The molecule has 1 amide bonds. The lowest BCUT2D eigenvalue weighted by Crippen LogP contribution is -2.52. The van der Waals surface area contributed by atoms with Crippen LogP contribution in [-0.2, 0) is 4.79 Å². The lowest BCUT2D eigenvalue weighted by molar-refractivity contribution is -0.127. The summed E-state index contributed by atoms with van der Waals surface area (Å²) in [5.41, 5.74) is 0. The number of amides is 1. The number of piperidine rings is 1. The molecule has 4 nitrogen and oxygen atoms in total. The van der Waals surface area contributed by atoms with Gasteiger partial charge in [-0.05, 0) is 26.0 Å². The van der Waals surface area contributed by atoms with Crippen LogP contribution in [0.4, 0.5) is 0 Å². The van der Waals surface area contributed by atoms with Gasteiger partial charge in [0.2, 0.25) is 5.91 Å². The Labute approximate surface area is 104 Å². The quantitative estimate of drug-likeness (QED) is 0.651. The molecule has 17 heavy (non-hydrogen) atoms. The Morgan fingerprint density at radius 2 is 1.71 bits per heavy atom. The second-order valence-corrected chi connectivity index (χ2v) is 5.10. The molecule has 2 aliphatic heterocycles. The van der Waals surface area contributed by atoms with Crippen LogP contribution >= 0.6 is 0 Å². The van der Waals surface area contributed by atoms with Crippen molar-refractivity contribution >= 4 is 5.91 Å². The Kier molecular flexibility index (Phi) is 4.18. The van der Waals surface area contributed by atoms with Gasteiger partial charge in [-0.3, -0.25) is 9.69 Å². The highest BCUT2D eigenvalue weighted by atomic mass is 16.2. The average Bonchev–Trinajstić information content (AvgIpc) is 2.39. The largest absolute Gasteiger partial charge is 0.339 e. The van der Waals surface area contributed by atoms with Gasteiger partial charge in [0.15, 0.2) is 0 Å². The fourth-order valence-corrected chi connectivity index (χ4v) is 2.77. The summed E-state index contributed by atoms with van der Waals surface area (Å²) >= 11 is 0. The van der Waals surface area contributed by atoms with E-state index in [0.717, 1.165) is 25.9 Å². The van der Waals surface area contributed by atoms with E-state index in [1.165, 1.54) is 32.3 Å². The highest BCUT2D eigenvalue weighted by Crippen LogP contribution is 2.18. The maximum atomic E-state index is 11.5. The number of carbonyl (C=O) groups excluding carboxylic acids is 1. The maximum absolute atomic E-state index is 11.5. The first kappa shape index (κ1) is 12.6. The molecule has 96 valence electrons. The van der Waals surface area contributed by atoms with E-state index in [1.807, 2.05) is 4.90 Å². The SMILES string of the molecule is C=CC(=O)N1CCC(N2CCN(C)CC2)CC1. The first-order chi connectivity index (χ1) is 8.20. The number of likely N-dealkylation sites (tertiary alicyclic amines) is 1. The molecule has 2 saturated heterocycles. The smallest absolute Gasteiger partial charge is 0.245 e. The van der Waals surface area contributed by atoms with Gasteiger partial charge in [-0.25, -0.2) is 0 Å². The molecule has 0 aromatic rings. The third-order valence-corrected chi connectivity index (χ3v) is 4.01. The van der Waals surface area contributed by atoms with Gasteiger partial charge in [0.05, 0.1) is 0 Å². The second kappa shape index (κ2) is 5.65. The average molecular weight is 237 g/mol. The van der Waals surface area contributed by atoms with E-state index in [4.69, 9.17) is 0 Å². The first-order valence-electron chi connectivity index (χ1n) is 6.54. The van der Waals surface area contributed by atoms with Crippen LogP contribution in [-0.4, -0.2) is 73.0 Å². The molecule has 0 radical (unpaired) electrons. The zero-order valence-electron chi connectivity index (χ0n) is 10.8. The summed E-state index contributed by atoms with van der Waals surface area (Å²) in [6.45, 7) is 10.0. The molecule has 0 atom stereocenters. The third kappa shape index (κ3) is 3.07. The van der Waals surface area contributed by atoms with Crippen LogP contribution < -0.4 is 0 Å². The van der Waals surface area contributed by atoms with Crippen molar-refractivity contribution in [1.82, 2.24) is 14.7 Å². The molecule has 2 rings (SSSR count). The second-order valence-electron chi connectivity index (χ2n) is 5.10. The molecule has 0 aromatic carbocycles. The van der Waals surface area contributed by atoms with Gasteiger partial charge in [0.1, 0.15) is 0 Å². The van der Waals surface area contributed by atoms with Crippen LogP contribution in [0.2, 0.25) is 0 Å². The summed E-state index contributed by atoms with van der Waals surface area (Å²) in [4.78, 5) is 18.4. The van der Waals surface area contributed by atoms with Crippen LogP contribution in [0.3, 0.4) is 0 Å². The van der Waals surface area contributed by atoms with Gasteiger partial charge in [-0.2, -0.15) is 0 Å². The number of carbonyl (C=O) groups is 1. The highest BCUT2D eigenvalue weighted by molar-refractivity contribution is 5.87. The molecule has 0 unspecified atom stereocenters. The Morgan fingerprint density at radius 1 is 1.12 bits per heavy atom. The molecular formula is C13H23N3O. The minimum Gasteiger partial charge on any atom is -0.339 e. The lowest BCUT2D eigenvalue weighted by atomic mass is 10.0.